The summed E-state index contributed by atoms with van der Waals surface area (Å²) in [5.74, 6) is -0.238. The van der Waals surface area contributed by atoms with Gasteiger partial charge in [-0.25, -0.2) is 4.79 Å². The van der Waals surface area contributed by atoms with Crippen molar-refractivity contribution in [1.29, 1.82) is 0 Å². The van der Waals surface area contributed by atoms with Crippen molar-refractivity contribution in [3.63, 3.8) is 0 Å². The largest absolute Gasteiger partial charge is 0.468 e. The van der Waals surface area contributed by atoms with Crippen LogP contribution < -0.4 is 5.32 Å². The number of fused-ring (bicyclic) bond motifs is 3. The first kappa shape index (κ1) is 10.4. The maximum atomic E-state index is 11.7. The highest BCUT2D eigenvalue weighted by molar-refractivity contribution is 5.88. The number of esters is 1. The van der Waals surface area contributed by atoms with Crippen LogP contribution in [0.2, 0.25) is 0 Å². The number of benzene rings is 1. The van der Waals surface area contributed by atoms with Crippen molar-refractivity contribution in [3.05, 3.63) is 35.5 Å². The van der Waals surface area contributed by atoms with Crippen LogP contribution in [0.3, 0.4) is 0 Å². The summed E-state index contributed by atoms with van der Waals surface area (Å²) < 4.78 is 4.82. The van der Waals surface area contributed by atoms with Gasteiger partial charge in [-0.15, -0.1) is 0 Å². The Hall–Kier alpha value is -1.81. The number of ether oxygens (including phenoxy) is 1. The van der Waals surface area contributed by atoms with Gasteiger partial charge < -0.3 is 9.72 Å². The van der Waals surface area contributed by atoms with Gasteiger partial charge >= 0.3 is 5.97 Å². The SMILES string of the molecule is COC(=O)[C@H]1NCCc2c1[nH]c1ccccc21. The number of hydrogen-bond donors (Lipinski definition) is 2. The molecule has 17 heavy (non-hydrogen) atoms. The molecule has 1 aliphatic rings. The van der Waals surface area contributed by atoms with Crippen molar-refractivity contribution >= 4 is 16.9 Å². The predicted molar refractivity (Wildman–Crippen MR) is 64.8 cm³/mol. The van der Waals surface area contributed by atoms with E-state index in [0.29, 0.717) is 0 Å². The number of para-hydroxylation sites is 1. The van der Waals surface area contributed by atoms with Crippen LogP contribution in [0.5, 0.6) is 0 Å². The number of nitrogens with one attached hydrogen (secondary N) is 2. The van der Waals surface area contributed by atoms with Crippen molar-refractivity contribution in [3.8, 4) is 0 Å². The van der Waals surface area contributed by atoms with Crippen molar-refractivity contribution in [1.82, 2.24) is 10.3 Å². The molecule has 2 heterocycles. The summed E-state index contributed by atoms with van der Waals surface area (Å²) in [5, 5.41) is 4.39. The summed E-state index contributed by atoms with van der Waals surface area (Å²) in [6, 6.07) is 7.76. The smallest absolute Gasteiger partial charge is 0.329 e. The zero-order chi connectivity index (χ0) is 11.8. The number of aromatic amines is 1. The number of hydrogen-bond acceptors (Lipinski definition) is 3. The lowest BCUT2D eigenvalue weighted by Gasteiger charge is -2.21. The number of H-pyrrole nitrogens is 1. The summed E-state index contributed by atoms with van der Waals surface area (Å²) in [5.41, 5.74) is 3.26. The Morgan fingerprint density at radius 3 is 3.06 bits per heavy atom. The Labute approximate surface area is 99.0 Å². The van der Waals surface area contributed by atoms with Gasteiger partial charge in [0.05, 0.1) is 7.11 Å². The molecule has 0 amide bonds. The van der Waals surface area contributed by atoms with E-state index >= 15 is 0 Å². The van der Waals surface area contributed by atoms with E-state index in [1.54, 1.807) is 0 Å². The molecule has 0 aliphatic carbocycles. The lowest BCUT2D eigenvalue weighted by Crippen LogP contribution is -2.35. The monoisotopic (exact) mass is 230 g/mol. The molecule has 0 fully saturated rings. The number of methoxy groups -OCH3 is 1. The predicted octanol–water partition coefficient (Wildman–Crippen LogP) is 1.53. The maximum Gasteiger partial charge on any atom is 0.329 e. The zero-order valence-electron chi connectivity index (χ0n) is 9.62. The minimum absolute atomic E-state index is 0.238. The summed E-state index contributed by atoms with van der Waals surface area (Å²) in [7, 11) is 1.42. The van der Waals surface area contributed by atoms with E-state index in [4.69, 9.17) is 4.74 Å². The molecule has 1 aromatic heterocycles. The molecule has 0 saturated carbocycles. The van der Waals surface area contributed by atoms with Gasteiger partial charge in [0.2, 0.25) is 0 Å². The van der Waals surface area contributed by atoms with Gasteiger partial charge in [0.1, 0.15) is 6.04 Å². The summed E-state index contributed by atoms with van der Waals surface area (Å²) >= 11 is 0. The molecule has 2 N–H and O–H groups in total. The average molecular weight is 230 g/mol. The number of aromatic nitrogens is 1. The molecular formula is C13H14N2O2. The summed E-state index contributed by atoms with van der Waals surface area (Å²) in [4.78, 5) is 15.0. The highest BCUT2D eigenvalue weighted by Gasteiger charge is 2.29. The van der Waals surface area contributed by atoms with Crippen molar-refractivity contribution in [2.45, 2.75) is 12.5 Å². The van der Waals surface area contributed by atoms with Gasteiger partial charge in [0.15, 0.2) is 0 Å². The van der Waals surface area contributed by atoms with Crippen LogP contribution in [-0.4, -0.2) is 24.6 Å². The maximum absolute atomic E-state index is 11.7. The molecule has 4 nitrogen and oxygen atoms in total. The van der Waals surface area contributed by atoms with Crippen LogP contribution in [-0.2, 0) is 16.0 Å². The standard InChI is InChI=1S/C13H14N2O2/c1-17-13(16)12-11-9(6-7-14-12)8-4-2-3-5-10(8)15-11/h2-5,12,14-15H,6-7H2,1H3/t12-/m0/s1. The van der Waals surface area contributed by atoms with Gasteiger partial charge in [-0.05, 0) is 18.1 Å². The Morgan fingerprint density at radius 1 is 1.41 bits per heavy atom. The Kier molecular flexibility index (Phi) is 2.37. The Morgan fingerprint density at radius 2 is 2.24 bits per heavy atom. The minimum atomic E-state index is -0.365. The molecule has 1 atom stereocenters. The molecule has 1 aromatic carbocycles. The third-order valence-electron chi connectivity index (χ3n) is 3.30. The molecule has 0 saturated heterocycles. The van der Waals surface area contributed by atoms with E-state index in [1.807, 2.05) is 18.2 Å². The van der Waals surface area contributed by atoms with Crippen LogP contribution in [0.4, 0.5) is 0 Å². The second-order valence-corrected chi connectivity index (χ2v) is 4.22. The molecule has 0 radical (unpaired) electrons. The molecule has 2 aromatic rings. The van der Waals surface area contributed by atoms with Crippen molar-refractivity contribution < 1.29 is 9.53 Å². The lowest BCUT2D eigenvalue weighted by molar-refractivity contribution is -0.143. The van der Waals surface area contributed by atoms with Gasteiger partial charge in [-0.2, -0.15) is 0 Å². The van der Waals surface area contributed by atoms with E-state index < -0.39 is 0 Å². The minimum Gasteiger partial charge on any atom is -0.468 e. The van der Waals surface area contributed by atoms with Crippen LogP contribution >= 0.6 is 0 Å². The fourth-order valence-electron chi connectivity index (χ4n) is 2.50. The first-order valence-corrected chi connectivity index (χ1v) is 5.72. The summed E-state index contributed by atoms with van der Waals surface area (Å²) in [6.45, 7) is 0.800. The molecule has 0 bridgehead atoms. The third kappa shape index (κ3) is 1.52. The Bertz CT molecular complexity index is 574. The van der Waals surface area contributed by atoms with Gasteiger partial charge in [0, 0.05) is 23.1 Å². The number of carbonyl (C=O) groups excluding carboxylic acids is 1. The molecule has 3 rings (SSSR count). The van der Waals surface area contributed by atoms with Crippen LogP contribution in [0.1, 0.15) is 17.3 Å². The third-order valence-corrected chi connectivity index (χ3v) is 3.30. The highest BCUT2D eigenvalue weighted by atomic mass is 16.5. The van der Waals surface area contributed by atoms with Crippen LogP contribution in [0.15, 0.2) is 24.3 Å². The van der Waals surface area contributed by atoms with Gasteiger partial charge in [-0.3, -0.25) is 5.32 Å². The first-order valence-electron chi connectivity index (χ1n) is 5.72. The zero-order valence-corrected chi connectivity index (χ0v) is 9.62. The van der Waals surface area contributed by atoms with E-state index in [2.05, 4.69) is 16.4 Å². The normalized spacial score (nSPS) is 19.0. The fourth-order valence-corrected chi connectivity index (χ4v) is 2.50. The molecule has 0 spiro atoms. The fraction of sp³-hybridized carbons (Fsp3) is 0.308. The number of carbonyl (C=O) groups is 1. The average Bonchev–Trinajstić information content (AvgIpc) is 2.76. The second-order valence-electron chi connectivity index (χ2n) is 4.22. The molecule has 0 unspecified atom stereocenters. The first-order chi connectivity index (χ1) is 8.31. The highest BCUT2D eigenvalue weighted by Crippen LogP contribution is 2.30. The van der Waals surface area contributed by atoms with Gasteiger partial charge in [0.25, 0.3) is 0 Å². The van der Waals surface area contributed by atoms with E-state index in [1.165, 1.54) is 18.1 Å². The van der Waals surface area contributed by atoms with Crippen LogP contribution in [0.25, 0.3) is 10.9 Å². The summed E-state index contributed by atoms with van der Waals surface area (Å²) in [6.07, 6.45) is 0.937. The van der Waals surface area contributed by atoms with Crippen molar-refractivity contribution in [2.24, 2.45) is 0 Å². The quantitative estimate of drug-likeness (QED) is 0.730. The molecular weight excluding hydrogens is 216 g/mol. The van der Waals surface area contributed by atoms with Crippen molar-refractivity contribution in [2.75, 3.05) is 13.7 Å². The topological polar surface area (TPSA) is 54.1 Å². The second kappa shape index (κ2) is 3.89. The molecule has 88 valence electrons. The van der Waals surface area contributed by atoms with E-state index in [-0.39, 0.29) is 12.0 Å². The van der Waals surface area contributed by atoms with Crippen LogP contribution in [0, 0.1) is 0 Å². The van der Waals surface area contributed by atoms with E-state index in [9.17, 15) is 4.79 Å². The Balaban J connectivity index is 2.17. The van der Waals surface area contributed by atoms with Gasteiger partial charge in [-0.1, -0.05) is 18.2 Å². The number of rotatable bonds is 1. The molecule has 4 heteroatoms. The molecule has 1 aliphatic heterocycles. The van der Waals surface area contributed by atoms with E-state index in [0.717, 1.165) is 24.2 Å². The lowest BCUT2D eigenvalue weighted by atomic mass is 9.99.